The maximum absolute atomic E-state index is 13.4. The van der Waals surface area contributed by atoms with Gasteiger partial charge in [-0.25, -0.2) is 9.59 Å². The molecule has 1 aliphatic heterocycles. The van der Waals surface area contributed by atoms with Crippen molar-refractivity contribution >= 4 is 23.9 Å². The minimum absolute atomic E-state index is 0.00710. The second-order valence-corrected chi connectivity index (χ2v) is 8.40. The number of benzene rings is 2. The number of nitrogens with zero attached hydrogens (tertiary/aromatic N) is 1. The van der Waals surface area contributed by atoms with Crippen LogP contribution in [0.4, 0.5) is 4.79 Å². The Morgan fingerprint density at radius 3 is 2.23 bits per heavy atom. The molecule has 0 saturated heterocycles. The van der Waals surface area contributed by atoms with Crippen LogP contribution >= 0.6 is 0 Å². The Morgan fingerprint density at radius 2 is 1.57 bits per heavy atom. The van der Waals surface area contributed by atoms with Crippen molar-refractivity contribution in [3.63, 3.8) is 0 Å². The SMILES string of the molecule is COC(=O)[C@H](C)C[C@H](NC(=O)[C@@H]1Cc2ccccc2CN1C(=O)OCc1ccccc1)C(=O)OC. The van der Waals surface area contributed by atoms with Gasteiger partial charge in [0.05, 0.1) is 26.7 Å². The average molecular weight is 483 g/mol. The fourth-order valence-corrected chi connectivity index (χ4v) is 4.03. The molecule has 0 spiro atoms. The molecule has 1 N–H and O–H groups in total. The van der Waals surface area contributed by atoms with Crippen LogP contribution in [0.3, 0.4) is 0 Å². The van der Waals surface area contributed by atoms with Gasteiger partial charge in [-0.05, 0) is 23.1 Å². The first-order chi connectivity index (χ1) is 16.8. The predicted molar refractivity (Wildman–Crippen MR) is 126 cm³/mol. The lowest BCUT2D eigenvalue weighted by molar-refractivity contribution is -0.149. The average Bonchev–Trinajstić information content (AvgIpc) is 2.89. The fourth-order valence-electron chi connectivity index (χ4n) is 4.03. The van der Waals surface area contributed by atoms with Gasteiger partial charge in [-0.2, -0.15) is 0 Å². The van der Waals surface area contributed by atoms with Gasteiger partial charge in [0.1, 0.15) is 18.7 Å². The maximum atomic E-state index is 13.4. The first-order valence-electron chi connectivity index (χ1n) is 11.3. The molecule has 0 aliphatic carbocycles. The van der Waals surface area contributed by atoms with Gasteiger partial charge in [0.25, 0.3) is 0 Å². The molecule has 3 atom stereocenters. The molecule has 0 saturated carbocycles. The number of ether oxygens (including phenoxy) is 3. The van der Waals surface area contributed by atoms with Crippen molar-refractivity contribution in [3.8, 4) is 0 Å². The highest BCUT2D eigenvalue weighted by Crippen LogP contribution is 2.25. The lowest BCUT2D eigenvalue weighted by atomic mass is 9.93. The molecule has 0 unspecified atom stereocenters. The topological polar surface area (TPSA) is 111 Å². The molecular weight excluding hydrogens is 452 g/mol. The van der Waals surface area contributed by atoms with Gasteiger partial charge in [0.15, 0.2) is 0 Å². The van der Waals surface area contributed by atoms with Gasteiger partial charge in [-0.15, -0.1) is 0 Å². The van der Waals surface area contributed by atoms with E-state index >= 15 is 0 Å². The summed E-state index contributed by atoms with van der Waals surface area (Å²) in [5, 5.41) is 2.67. The number of methoxy groups -OCH3 is 2. The summed E-state index contributed by atoms with van der Waals surface area (Å²) in [5.74, 6) is -2.39. The standard InChI is InChI=1S/C26H30N2O7/c1-17(24(30)33-2)13-21(25(31)34-3)27-23(29)22-14-19-11-7-8-12-20(19)15-28(22)26(32)35-16-18-9-5-4-6-10-18/h4-12,17,21-22H,13-16H2,1-3H3,(H,27,29)/t17-,21+,22+/m1/s1. The summed E-state index contributed by atoms with van der Waals surface area (Å²) in [6.07, 6.45) is -0.392. The van der Waals surface area contributed by atoms with E-state index in [1.165, 1.54) is 19.1 Å². The quantitative estimate of drug-likeness (QED) is 0.455. The van der Waals surface area contributed by atoms with Crippen LogP contribution in [0.25, 0.3) is 0 Å². The molecule has 2 aromatic rings. The highest BCUT2D eigenvalue weighted by molar-refractivity contribution is 5.90. The number of esters is 2. The summed E-state index contributed by atoms with van der Waals surface area (Å²) in [7, 11) is 2.46. The van der Waals surface area contributed by atoms with E-state index in [2.05, 4.69) is 5.32 Å². The van der Waals surface area contributed by atoms with E-state index in [1.807, 2.05) is 54.6 Å². The Balaban J connectivity index is 1.79. The summed E-state index contributed by atoms with van der Waals surface area (Å²) < 4.78 is 15.0. The number of carbonyl (C=O) groups excluding carboxylic acids is 4. The fraction of sp³-hybridized carbons (Fsp3) is 0.385. The second kappa shape index (κ2) is 12.0. The largest absolute Gasteiger partial charge is 0.469 e. The summed E-state index contributed by atoms with van der Waals surface area (Å²) in [6, 6.07) is 14.8. The van der Waals surface area contributed by atoms with Gasteiger partial charge in [-0.1, -0.05) is 61.5 Å². The van der Waals surface area contributed by atoms with Crippen molar-refractivity contribution < 1.29 is 33.4 Å². The third-order valence-corrected chi connectivity index (χ3v) is 5.99. The summed E-state index contributed by atoms with van der Waals surface area (Å²) in [4.78, 5) is 52.0. The minimum Gasteiger partial charge on any atom is -0.469 e. The highest BCUT2D eigenvalue weighted by atomic mass is 16.6. The maximum Gasteiger partial charge on any atom is 0.411 e. The zero-order valence-corrected chi connectivity index (χ0v) is 20.1. The molecular formula is C26H30N2O7. The molecule has 9 heteroatoms. The number of nitrogens with one attached hydrogen (secondary N) is 1. The molecule has 3 rings (SSSR count). The Bertz CT molecular complexity index is 1060. The van der Waals surface area contributed by atoms with Gasteiger partial charge in [0, 0.05) is 6.42 Å². The monoisotopic (exact) mass is 482 g/mol. The molecule has 2 aromatic carbocycles. The van der Waals surface area contributed by atoms with E-state index in [4.69, 9.17) is 14.2 Å². The van der Waals surface area contributed by atoms with Gasteiger partial charge >= 0.3 is 18.0 Å². The summed E-state index contributed by atoms with van der Waals surface area (Å²) in [5.41, 5.74) is 2.66. The smallest absolute Gasteiger partial charge is 0.411 e. The summed E-state index contributed by atoms with van der Waals surface area (Å²) >= 11 is 0. The van der Waals surface area contributed by atoms with Crippen LogP contribution in [0.2, 0.25) is 0 Å². The van der Waals surface area contributed by atoms with Crippen LogP contribution in [0.15, 0.2) is 54.6 Å². The number of amides is 2. The van der Waals surface area contributed by atoms with E-state index in [0.29, 0.717) is 0 Å². The van der Waals surface area contributed by atoms with E-state index in [-0.39, 0.29) is 26.0 Å². The minimum atomic E-state index is -1.08. The number of rotatable bonds is 8. The van der Waals surface area contributed by atoms with Crippen molar-refractivity contribution in [2.24, 2.45) is 5.92 Å². The van der Waals surface area contributed by atoms with Crippen molar-refractivity contribution in [2.45, 2.75) is 45.0 Å². The Labute approximate surface area is 204 Å². The van der Waals surface area contributed by atoms with Crippen LogP contribution in [-0.4, -0.2) is 55.1 Å². The molecule has 35 heavy (non-hydrogen) atoms. The van der Waals surface area contributed by atoms with Crippen molar-refractivity contribution in [1.29, 1.82) is 0 Å². The normalized spacial score (nSPS) is 16.3. The van der Waals surface area contributed by atoms with E-state index < -0.39 is 41.9 Å². The number of carbonyl (C=O) groups is 4. The molecule has 0 fully saturated rings. The van der Waals surface area contributed by atoms with Gasteiger partial charge < -0.3 is 19.5 Å². The highest BCUT2D eigenvalue weighted by Gasteiger charge is 2.38. The lowest BCUT2D eigenvalue weighted by Crippen LogP contribution is -2.56. The Hall–Kier alpha value is -3.88. The van der Waals surface area contributed by atoms with E-state index in [9.17, 15) is 19.2 Å². The van der Waals surface area contributed by atoms with Crippen molar-refractivity contribution in [2.75, 3.05) is 14.2 Å². The molecule has 0 bridgehead atoms. The van der Waals surface area contributed by atoms with Crippen molar-refractivity contribution in [1.82, 2.24) is 10.2 Å². The Morgan fingerprint density at radius 1 is 0.943 bits per heavy atom. The Kier molecular flexibility index (Phi) is 8.83. The zero-order chi connectivity index (χ0) is 25.4. The molecule has 1 heterocycles. The van der Waals surface area contributed by atoms with Crippen LogP contribution < -0.4 is 5.32 Å². The zero-order valence-electron chi connectivity index (χ0n) is 20.1. The first kappa shape index (κ1) is 25.7. The number of fused-ring (bicyclic) bond motifs is 1. The van der Waals surface area contributed by atoms with Gasteiger partial charge in [-0.3, -0.25) is 14.5 Å². The molecule has 0 aromatic heterocycles. The first-order valence-corrected chi connectivity index (χ1v) is 11.3. The van der Waals surface area contributed by atoms with Crippen LogP contribution in [0.5, 0.6) is 0 Å². The van der Waals surface area contributed by atoms with Crippen LogP contribution in [-0.2, 0) is 48.2 Å². The van der Waals surface area contributed by atoms with Crippen molar-refractivity contribution in [3.05, 3.63) is 71.3 Å². The molecule has 0 radical (unpaired) electrons. The third-order valence-electron chi connectivity index (χ3n) is 5.99. The molecule has 2 amide bonds. The third kappa shape index (κ3) is 6.59. The molecule has 9 nitrogen and oxygen atoms in total. The van der Waals surface area contributed by atoms with Crippen LogP contribution in [0.1, 0.15) is 30.0 Å². The van der Waals surface area contributed by atoms with Gasteiger partial charge in [0.2, 0.25) is 5.91 Å². The second-order valence-electron chi connectivity index (χ2n) is 8.40. The lowest BCUT2D eigenvalue weighted by Gasteiger charge is -2.36. The number of hydrogen-bond donors (Lipinski definition) is 1. The number of hydrogen-bond acceptors (Lipinski definition) is 7. The summed E-state index contributed by atoms with van der Waals surface area (Å²) in [6.45, 7) is 1.84. The molecule has 1 aliphatic rings. The molecule has 186 valence electrons. The van der Waals surface area contributed by atoms with E-state index in [1.54, 1.807) is 6.92 Å². The van der Waals surface area contributed by atoms with E-state index in [0.717, 1.165) is 16.7 Å². The van der Waals surface area contributed by atoms with Crippen LogP contribution in [0, 0.1) is 5.92 Å². The predicted octanol–water partition coefficient (Wildman–Crippen LogP) is 2.61.